The molecule has 6 nitrogen and oxygen atoms in total. The van der Waals surface area contributed by atoms with Crippen molar-refractivity contribution in [3.63, 3.8) is 0 Å². The van der Waals surface area contributed by atoms with Gasteiger partial charge in [0.25, 0.3) is 5.91 Å². The van der Waals surface area contributed by atoms with Gasteiger partial charge in [-0.05, 0) is 68.2 Å². The molecule has 0 bridgehead atoms. The van der Waals surface area contributed by atoms with E-state index >= 15 is 0 Å². The van der Waals surface area contributed by atoms with E-state index in [4.69, 9.17) is 4.74 Å². The first-order chi connectivity index (χ1) is 15.5. The molecular weight excluding hydrogens is 407 g/mol. The minimum Gasteiger partial charge on any atom is -0.457 e. The number of hydrogen-bond donors (Lipinski definition) is 1. The molecule has 0 atom stereocenters. The number of nitrogens with one attached hydrogen (secondary N) is 1. The third kappa shape index (κ3) is 5.46. The Bertz CT molecular complexity index is 1060. The van der Waals surface area contributed by atoms with Crippen molar-refractivity contribution in [3.05, 3.63) is 54.0 Å². The minimum atomic E-state index is -0.335. The van der Waals surface area contributed by atoms with Crippen LogP contribution in [0.3, 0.4) is 0 Å². The number of amides is 1. The fourth-order valence-corrected chi connectivity index (χ4v) is 4.09. The molecule has 4 rings (SSSR count). The van der Waals surface area contributed by atoms with Crippen molar-refractivity contribution >= 4 is 16.8 Å². The highest BCUT2D eigenvalue weighted by Gasteiger charge is 2.18. The molecule has 32 heavy (non-hydrogen) atoms. The van der Waals surface area contributed by atoms with Gasteiger partial charge in [-0.2, -0.15) is 5.10 Å². The third-order valence-electron chi connectivity index (χ3n) is 5.73. The van der Waals surface area contributed by atoms with Gasteiger partial charge in [-0.15, -0.1) is 0 Å². The van der Waals surface area contributed by atoms with E-state index in [9.17, 15) is 9.18 Å². The van der Waals surface area contributed by atoms with Gasteiger partial charge < -0.3 is 15.0 Å². The van der Waals surface area contributed by atoms with Gasteiger partial charge in [0.15, 0.2) is 0 Å². The van der Waals surface area contributed by atoms with Gasteiger partial charge in [0.1, 0.15) is 17.3 Å². The summed E-state index contributed by atoms with van der Waals surface area (Å²) in [5.74, 6) is 0.818. The van der Waals surface area contributed by atoms with Gasteiger partial charge in [-0.3, -0.25) is 9.48 Å². The molecule has 0 aliphatic carbocycles. The number of carbonyl (C=O) groups excluding carboxylic acids is 1. The van der Waals surface area contributed by atoms with Crippen LogP contribution in [0.4, 0.5) is 4.39 Å². The predicted octanol–water partition coefficient (Wildman–Crippen LogP) is 4.84. The molecule has 0 radical (unpaired) electrons. The Morgan fingerprint density at radius 3 is 2.62 bits per heavy atom. The van der Waals surface area contributed by atoms with Crippen molar-refractivity contribution in [1.29, 1.82) is 0 Å². The van der Waals surface area contributed by atoms with Gasteiger partial charge in [0.05, 0.1) is 17.3 Å². The van der Waals surface area contributed by atoms with Crippen LogP contribution < -0.4 is 10.1 Å². The fraction of sp³-hybridized carbons (Fsp3) is 0.440. The van der Waals surface area contributed by atoms with Crippen LogP contribution in [0.25, 0.3) is 10.9 Å². The number of likely N-dealkylation sites (tertiary alicyclic amines) is 1. The average Bonchev–Trinajstić information content (AvgIpc) is 3.16. The van der Waals surface area contributed by atoms with E-state index in [1.54, 1.807) is 18.3 Å². The Labute approximate surface area is 188 Å². The van der Waals surface area contributed by atoms with Gasteiger partial charge in [0.2, 0.25) is 0 Å². The zero-order valence-corrected chi connectivity index (χ0v) is 18.8. The number of fused-ring (bicyclic) bond motifs is 1. The maximum Gasteiger partial charge on any atom is 0.255 e. The molecule has 0 unspecified atom stereocenters. The maximum absolute atomic E-state index is 13.3. The van der Waals surface area contributed by atoms with Crippen molar-refractivity contribution in [1.82, 2.24) is 20.0 Å². The molecule has 0 spiro atoms. The molecular formula is C25H31FN4O2. The highest BCUT2D eigenvalue weighted by atomic mass is 19.1. The maximum atomic E-state index is 13.3. The largest absolute Gasteiger partial charge is 0.457 e. The molecule has 1 fully saturated rings. The highest BCUT2D eigenvalue weighted by molar-refractivity contribution is 6.01. The second kappa shape index (κ2) is 10.1. The molecule has 1 aromatic heterocycles. The van der Waals surface area contributed by atoms with Crippen LogP contribution in [0.5, 0.6) is 11.5 Å². The van der Waals surface area contributed by atoms with E-state index < -0.39 is 0 Å². The van der Waals surface area contributed by atoms with Crippen LogP contribution in [0, 0.1) is 11.7 Å². The summed E-state index contributed by atoms with van der Waals surface area (Å²) in [6.45, 7) is 8.63. The Morgan fingerprint density at radius 2 is 1.91 bits per heavy atom. The Morgan fingerprint density at radius 1 is 1.16 bits per heavy atom. The van der Waals surface area contributed by atoms with Crippen molar-refractivity contribution in [2.75, 3.05) is 26.2 Å². The zero-order valence-electron chi connectivity index (χ0n) is 18.8. The van der Waals surface area contributed by atoms with E-state index in [0.29, 0.717) is 29.5 Å². The second-order valence-corrected chi connectivity index (χ2v) is 8.84. The molecule has 1 aliphatic heterocycles. The van der Waals surface area contributed by atoms with E-state index in [-0.39, 0.29) is 11.7 Å². The number of hydrogen-bond acceptors (Lipinski definition) is 4. The van der Waals surface area contributed by atoms with Crippen LogP contribution in [0.2, 0.25) is 0 Å². The zero-order chi connectivity index (χ0) is 22.5. The van der Waals surface area contributed by atoms with Crippen LogP contribution in [0.15, 0.2) is 42.6 Å². The predicted molar refractivity (Wildman–Crippen MR) is 124 cm³/mol. The number of carbonyl (C=O) groups is 1. The highest BCUT2D eigenvalue weighted by Crippen LogP contribution is 2.30. The van der Waals surface area contributed by atoms with Crippen molar-refractivity contribution in [2.24, 2.45) is 5.92 Å². The lowest BCUT2D eigenvalue weighted by molar-refractivity contribution is 0.0944. The van der Waals surface area contributed by atoms with E-state index in [0.717, 1.165) is 37.1 Å². The number of ether oxygens (including phenoxy) is 1. The number of nitrogens with zero attached hydrogens (tertiary/aromatic N) is 3. The van der Waals surface area contributed by atoms with Crippen LogP contribution in [0.1, 0.15) is 43.5 Å². The standard InChI is InChI=1S/C25H31FN4O2/c1-18(2)17-30-23-15-22(25(31)27-10-13-29-11-4-3-5-12-29)24(14-19(23)16-28-30)32-21-8-6-20(26)7-9-21/h6-9,14-16,18H,3-5,10-13,17H2,1-2H3,(H,27,31). The molecule has 1 N–H and O–H groups in total. The molecule has 1 amide bonds. The van der Waals surface area contributed by atoms with Crippen LogP contribution in [-0.4, -0.2) is 46.8 Å². The number of aromatic nitrogens is 2. The topological polar surface area (TPSA) is 59.4 Å². The summed E-state index contributed by atoms with van der Waals surface area (Å²) in [5, 5.41) is 8.44. The molecule has 0 saturated carbocycles. The SMILES string of the molecule is CC(C)Cn1ncc2cc(Oc3ccc(F)cc3)c(C(=O)NCCN3CCCCC3)cc21. The lowest BCUT2D eigenvalue weighted by Crippen LogP contribution is -2.37. The monoisotopic (exact) mass is 438 g/mol. The molecule has 2 heterocycles. The summed E-state index contributed by atoms with van der Waals surface area (Å²) in [5.41, 5.74) is 1.34. The second-order valence-electron chi connectivity index (χ2n) is 8.84. The first-order valence-electron chi connectivity index (χ1n) is 11.4. The summed E-state index contributed by atoms with van der Waals surface area (Å²) in [6, 6.07) is 9.47. The van der Waals surface area contributed by atoms with Gasteiger partial charge in [-0.1, -0.05) is 20.3 Å². The average molecular weight is 439 g/mol. The van der Waals surface area contributed by atoms with Crippen molar-refractivity contribution in [3.8, 4) is 11.5 Å². The van der Waals surface area contributed by atoms with Crippen molar-refractivity contribution < 1.29 is 13.9 Å². The molecule has 170 valence electrons. The van der Waals surface area contributed by atoms with E-state index in [2.05, 4.69) is 29.2 Å². The summed E-state index contributed by atoms with van der Waals surface area (Å²) in [6.07, 6.45) is 5.52. The summed E-state index contributed by atoms with van der Waals surface area (Å²) in [7, 11) is 0. The molecule has 1 saturated heterocycles. The number of halogens is 1. The molecule has 3 aromatic rings. The lowest BCUT2D eigenvalue weighted by atomic mass is 10.1. The Kier molecular flexibility index (Phi) is 7.05. The third-order valence-corrected chi connectivity index (χ3v) is 5.73. The van der Waals surface area contributed by atoms with Crippen LogP contribution >= 0.6 is 0 Å². The van der Waals surface area contributed by atoms with E-state index in [1.165, 1.54) is 31.4 Å². The number of piperidine rings is 1. The first-order valence-corrected chi connectivity index (χ1v) is 11.4. The summed E-state index contributed by atoms with van der Waals surface area (Å²) >= 11 is 0. The Balaban J connectivity index is 1.58. The first kappa shape index (κ1) is 22.3. The fourth-order valence-electron chi connectivity index (χ4n) is 4.09. The summed E-state index contributed by atoms with van der Waals surface area (Å²) < 4.78 is 21.2. The van der Waals surface area contributed by atoms with Gasteiger partial charge >= 0.3 is 0 Å². The van der Waals surface area contributed by atoms with E-state index in [1.807, 2.05) is 16.8 Å². The number of rotatable bonds is 8. The summed E-state index contributed by atoms with van der Waals surface area (Å²) in [4.78, 5) is 15.5. The normalized spacial score (nSPS) is 14.8. The van der Waals surface area contributed by atoms with Crippen LogP contribution in [-0.2, 0) is 6.54 Å². The Hall–Kier alpha value is -2.93. The van der Waals surface area contributed by atoms with Gasteiger partial charge in [-0.25, -0.2) is 4.39 Å². The van der Waals surface area contributed by atoms with Gasteiger partial charge in [0, 0.05) is 25.0 Å². The quantitative estimate of drug-likeness (QED) is 0.547. The smallest absolute Gasteiger partial charge is 0.255 e. The number of benzene rings is 2. The van der Waals surface area contributed by atoms with Crippen molar-refractivity contribution in [2.45, 2.75) is 39.7 Å². The molecule has 2 aromatic carbocycles. The minimum absolute atomic E-state index is 0.182. The molecule has 1 aliphatic rings. The lowest BCUT2D eigenvalue weighted by Gasteiger charge is -2.26. The molecule has 7 heteroatoms.